The van der Waals surface area contributed by atoms with Gasteiger partial charge in [0.2, 0.25) is 5.89 Å². The van der Waals surface area contributed by atoms with Gasteiger partial charge in [-0.15, -0.1) is 0 Å². The van der Waals surface area contributed by atoms with Crippen LogP contribution in [0.2, 0.25) is 0 Å². The third-order valence-electron chi connectivity index (χ3n) is 17.2. The summed E-state index contributed by atoms with van der Waals surface area (Å²) in [5, 5.41) is 11.9. The van der Waals surface area contributed by atoms with Crippen LogP contribution in [0.25, 0.3) is 110 Å². The molecule has 4 aromatic heterocycles. The second kappa shape index (κ2) is 18.4. The smallest absolute Gasteiger partial charge is 0.227 e. The van der Waals surface area contributed by atoms with Gasteiger partial charge in [0.05, 0.1) is 6.04 Å². The van der Waals surface area contributed by atoms with Crippen LogP contribution in [0.1, 0.15) is 48.4 Å². The highest BCUT2D eigenvalue weighted by Gasteiger charge is 2.27. The zero-order valence-electron chi connectivity index (χ0n) is 44.3. The van der Waals surface area contributed by atoms with Crippen molar-refractivity contribution in [2.75, 3.05) is 4.90 Å². The first kappa shape index (κ1) is 46.2. The van der Waals surface area contributed by atoms with E-state index < -0.39 is 0 Å². The van der Waals surface area contributed by atoms with Gasteiger partial charge in [-0.25, -0.2) is 4.98 Å². The molecule has 0 fully saturated rings. The molecule has 80 heavy (non-hydrogen) atoms. The molecule has 0 spiro atoms. The number of furan rings is 2. The molecule has 0 saturated heterocycles. The molecule has 4 atom stereocenters. The number of rotatable bonds is 10. The van der Waals surface area contributed by atoms with Crippen molar-refractivity contribution in [2.45, 2.75) is 38.1 Å². The van der Waals surface area contributed by atoms with Gasteiger partial charge >= 0.3 is 0 Å². The van der Waals surface area contributed by atoms with E-state index in [2.05, 4.69) is 230 Å². The van der Waals surface area contributed by atoms with E-state index in [-0.39, 0.29) is 17.9 Å². The lowest BCUT2D eigenvalue weighted by Gasteiger charge is -2.27. The molecule has 4 heterocycles. The van der Waals surface area contributed by atoms with Crippen LogP contribution in [0.15, 0.2) is 262 Å². The second-order valence-corrected chi connectivity index (χ2v) is 21.9. The Labute approximate surface area is 461 Å². The third-order valence-corrected chi connectivity index (χ3v) is 17.2. The van der Waals surface area contributed by atoms with Gasteiger partial charge in [0.15, 0.2) is 5.58 Å². The second-order valence-electron chi connectivity index (χ2n) is 21.9. The lowest BCUT2D eigenvalue weighted by atomic mass is 9.78. The predicted octanol–water partition coefficient (Wildman–Crippen LogP) is 20.6. The molecule has 1 aliphatic carbocycles. The number of hydrogen-bond donors (Lipinski definition) is 0. The first-order valence-electron chi connectivity index (χ1n) is 27.9. The van der Waals surface area contributed by atoms with Gasteiger partial charge in [-0.1, -0.05) is 159 Å². The van der Waals surface area contributed by atoms with E-state index in [9.17, 15) is 0 Å². The average molecular weight is 1030 g/mol. The minimum Gasteiger partial charge on any atom is -0.456 e. The molecule has 382 valence electrons. The summed E-state index contributed by atoms with van der Waals surface area (Å²) in [4.78, 5) is 7.10. The maximum Gasteiger partial charge on any atom is 0.227 e. The van der Waals surface area contributed by atoms with Crippen LogP contribution in [0, 0.1) is 5.92 Å². The van der Waals surface area contributed by atoms with Gasteiger partial charge in [-0.2, -0.15) is 0 Å². The van der Waals surface area contributed by atoms with Crippen molar-refractivity contribution in [3.8, 4) is 11.5 Å². The summed E-state index contributed by atoms with van der Waals surface area (Å²) in [5.74, 6) is 1.31. The Kier molecular flexibility index (Phi) is 10.6. The van der Waals surface area contributed by atoms with E-state index in [1.165, 1.54) is 54.7 Å². The van der Waals surface area contributed by atoms with Crippen molar-refractivity contribution < 1.29 is 13.3 Å². The number of oxazole rings is 1. The topological polar surface area (TPSA) is 60.5 Å². The summed E-state index contributed by atoms with van der Waals surface area (Å²) in [6.45, 7) is 4.74. The minimum atomic E-state index is 0.161. The standard InChI is InChI=1S/C74H53N3O3/c1-45-13-3-8-18-66(45)77-67-19-9-4-14-58(67)64-43-52(29-38-68(64)77)63(39-47-23-34-61-59-15-5-10-20-69(59)78-72(61)40-47)46(2)49-28-35-56-50(41-49)24-25-51-42-54(32-36-57(51)56)76(55-33-37-62-60-16-6-11-21-70(60)79-73(62)44-55)53-30-26-48(27-31-53)74-75-65-17-7-12-22-71(65)80-74/h3-38,40-46,63,66H,39H2,1-2H3. The van der Waals surface area contributed by atoms with E-state index in [0.717, 1.165) is 89.4 Å². The molecule has 0 saturated carbocycles. The first-order valence-corrected chi connectivity index (χ1v) is 27.9. The summed E-state index contributed by atoms with van der Waals surface area (Å²) in [5.41, 5.74) is 15.6. The van der Waals surface area contributed by atoms with Crippen LogP contribution in [0.5, 0.6) is 0 Å². The van der Waals surface area contributed by atoms with Crippen molar-refractivity contribution >= 4 is 115 Å². The zero-order chi connectivity index (χ0) is 53.0. The Balaban J connectivity index is 0.781. The Morgan fingerprint density at radius 2 is 1.04 bits per heavy atom. The highest BCUT2D eigenvalue weighted by atomic mass is 16.3. The molecule has 1 aliphatic rings. The summed E-state index contributed by atoms with van der Waals surface area (Å²) in [6, 6.07) is 81.4. The van der Waals surface area contributed by atoms with Crippen LogP contribution in [0.3, 0.4) is 0 Å². The number of para-hydroxylation sites is 5. The molecule has 11 aromatic carbocycles. The third kappa shape index (κ3) is 7.58. The number of aromatic nitrogens is 2. The number of benzene rings is 11. The van der Waals surface area contributed by atoms with Crippen LogP contribution in [-0.4, -0.2) is 9.55 Å². The Morgan fingerprint density at radius 1 is 0.450 bits per heavy atom. The highest BCUT2D eigenvalue weighted by Crippen LogP contribution is 2.45. The average Bonchev–Trinajstić information content (AvgIpc) is 4.38. The highest BCUT2D eigenvalue weighted by molar-refractivity contribution is 6.11. The fourth-order valence-corrected chi connectivity index (χ4v) is 13.1. The molecule has 6 nitrogen and oxygen atoms in total. The Morgan fingerprint density at radius 3 is 1.80 bits per heavy atom. The molecule has 4 unspecified atom stereocenters. The van der Waals surface area contributed by atoms with Gasteiger partial charge in [-0.3, -0.25) is 0 Å². The molecule has 0 N–H and O–H groups in total. The van der Waals surface area contributed by atoms with Crippen molar-refractivity contribution in [1.29, 1.82) is 0 Å². The van der Waals surface area contributed by atoms with Crippen molar-refractivity contribution in [1.82, 2.24) is 9.55 Å². The largest absolute Gasteiger partial charge is 0.456 e. The van der Waals surface area contributed by atoms with Gasteiger partial charge in [0, 0.05) is 72.0 Å². The molecule has 0 bridgehead atoms. The fraction of sp³-hybridized carbons (Fsp3) is 0.0946. The maximum absolute atomic E-state index is 6.48. The molecule has 0 amide bonds. The molecule has 0 radical (unpaired) electrons. The summed E-state index contributed by atoms with van der Waals surface area (Å²) in [7, 11) is 0. The van der Waals surface area contributed by atoms with Crippen molar-refractivity contribution in [3.63, 3.8) is 0 Å². The monoisotopic (exact) mass is 1030 g/mol. The maximum atomic E-state index is 6.48. The lowest BCUT2D eigenvalue weighted by molar-refractivity contribution is 0.510. The molecule has 0 aliphatic heterocycles. The molecular formula is C74H53N3O3. The predicted molar refractivity (Wildman–Crippen MR) is 331 cm³/mol. The Hall–Kier alpha value is -9.91. The van der Waals surface area contributed by atoms with E-state index >= 15 is 0 Å². The summed E-state index contributed by atoms with van der Waals surface area (Å²) < 4.78 is 21.7. The quantitative estimate of drug-likeness (QED) is 0.128. The molecule has 6 heteroatoms. The van der Waals surface area contributed by atoms with E-state index in [1.54, 1.807) is 0 Å². The van der Waals surface area contributed by atoms with Gasteiger partial charge in [0.1, 0.15) is 27.8 Å². The van der Waals surface area contributed by atoms with Gasteiger partial charge < -0.3 is 22.7 Å². The van der Waals surface area contributed by atoms with Gasteiger partial charge in [0.25, 0.3) is 0 Å². The number of nitrogens with zero attached hydrogens (tertiary/aromatic N) is 3. The van der Waals surface area contributed by atoms with E-state index in [1.807, 2.05) is 42.5 Å². The van der Waals surface area contributed by atoms with Crippen molar-refractivity contribution in [2.24, 2.45) is 5.92 Å². The first-order chi connectivity index (χ1) is 39.4. The van der Waals surface area contributed by atoms with Crippen LogP contribution < -0.4 is 4.90 Å². The van der Waals surface area contributed by atoms with Crippen LogP contribution >= 0.6 is 0 Å². The number of allylic oxidation sites excluding steroid dienone is 4. The summed E-state index contributed by atoms with van der Waals surface area (Å²) >= 11 is 0. The van der Waals surface area contributed by atoms with Crippen LogP contribution in [-0.2, 0) is 6.42 Å². The van der Waals surface area contributed by atoms with Gasteiger partial charge in [-0.05, 0) is 159 Å². The number of fused-ring (bicyclic) bond motifs is 13. The van der Waals surface area contributed by atoms with E-state index in [4.69, 9.17) is 18.2 Å². The van der Waals surface area contributed by atoms with Crippen LogP contribution in [0.4, 0.5) is 17.1 Å². The number of hydrogen-bond acceptors (Lipinski definition) is 5. The zero-order valence-corrected chi connectivity index (χ0v) is 44.3. The molecule has 16 rings (SSSR count). The Bertz CT molecular complexity index is 4980. The minimum absolute atomic E-state index is 0.161. The lowest BCUT2D eigenvalue weighted by Crippen LogP contribution is -2.15. The molecular weight excluding hydrogens is 979 g/mol. The molecule has 15 aromatic rings. The van der Waals surface area contributed by atoms with Crippen molar-refractivity contribution in [3.05, 3.63) is 265 Å². The summed E-state index contributed by atoms with van der Waals surface area (Å²) in [6.07, 6.45) is 9.90. The number of anilines is 3. The van der Waals surface area contributed by atoms with E-state index in [0.29, 0.717) is 11.8 Å². The fourth-order valence-electron chi connectivity index (χ4n) is 13.1. The SMILES string of the molecule is CC1C=CC=CC1n1c2ccccc2c2cc(C(Cc3ccc4c(c3)oc3ccccc34)C(C)c3ccc4c(ccc5cc(N(c6ccc(-c7nc8ccccc8o7)cc6)c6ccc7c(c6)oc6ccccc67)ccc54)c3)ccc21. The normalized spacial score (nSPS) is 15.5.